The van der Waals surface area contributed by atoms with E-state index in [1.807, 2.05) is 182 Å². The van der Waals surface area contributed by atoms with Crippen molar-refractivity contribution < 1.29 is 43.0 Å². The van der Waals surface area contributed by atoms with Crippen LogP contribution < -0.4 is 17.2 Å². The van der Waals surface area contributed by atoms with Crippen molar-refractivity contribution in [2.45, 2.75) is 56.8 Å². The minimum atomic E-state index is -0.385. The van der Waals surface area contributed by atoms with Crippen LogP contribution in [-0.2, 0) is 67.7 Å². The zero-order valence-electron chi connectivity index (χ0n) is 57.1. The largest absolute Gasteiger partial charge is 0.457 e. The molecule has 15 nitrogen and oxygen atoms in total. The summed E-state index contributed by atoms with van der Waals surface area (Å²) in [5.41, 5.74) is 27.4. The van der Waals surface area contributed by atoms with Gasteiger partial charge in [0.25, 0.3) is 0 Å². The second-order valence-electron chi connectivity index (χ2n) is 23.2. The van der Waals surface area contributed by atoms with Crippen LogP contribution in [0.3, 0.4) is 0 Å². The molecule has 0 aliphatic rings. The van der Waals surface area contributed by atoms with Gasteiger partial charge in [0.15, 0.2) is 0 Å². The topological polar surface area (TPSA) is 247 Å². The van der Waals surface area contributed by atoms with Crippen LogP contribution in [0.5, 0.6) is 0 Å². The van der Waals surface area contributed by atoms with Gasteiger partial charge in [-0.3, -0.25) is 29.3 Å². The quantitative estimate of drug-likeness (QED) is 0.0289. The Kier molecular flexibility index (Phi) is 34.7. The van der Waals surface area contributed by atoms with Crippen molar-refractivity contribution in [1.82, 2.24) is 15.0 Å². The van der Waals surface area contributed by atoms with E-state index in [2.05, 4.69) is 26.6 Å². The van der Waals surface area contributed by atoms with Crippen LogP contribution in [0, 0.1) is 0 Å². The third-order valence-corrected chi connectivity index (χ3v) is 16.4. The number of benzene rings is 9. The predicted molar refractivity (Wildman–Crippen MR) is 418 cm³/mol. The van der Waals surface area contributed by atoms with Crippen LogP contribution in [0.4, 0.5) is 0 Å². The normalized spacial score (nSPS) is 11.3. The number of hydrogen-bond acceptors (Lipinski definition) is 15. The number of ether oxygens (including phenoxy) is 3. The Morgan fingerprint density at radius 1 is 0.317 bits per heavy atom. The van der Waals surface area contributed by atoms with E-state index in [4.69, 9.17) is 77.8 Å². The summed E-state index contributed by atoms with van der Waals surface area (Å²) < 4.78 is 16.1. The lowest BCUT2D eigenvalue weighted by molar-refractivity contribution is -0.120. The van der Waals surface area contributed by atoms with E-state index < -0.39 is 0 Å². The van der Waals surface area contributed by atoms with E-state index in [1.54, 1.807) is 91.4 Å². The van der Waals surface area contributed by atoms with Crippen LogP contribution >= 0.6 is 58.0 Å². The van der Waals surface area contributed by atoms with Gasteiger partial charge in [-0.15, -0.1) is 58.0 Å². The van der Waals surface area contributed by atoms with Crippen molar-refractivity contribution in [1.29, 1.82) is 0 Å². The SMILES string of the molecule is CCl.ClCCl.ClCCl.NC[C@@H](C(=O)Cc1ccc2cnccc2c1)c1ccc(COC(=O)c2ccccc2)cc1.NC[C@@H](C(=O)Cc1ccc2cnccc2c1)c1ccc(COC(=O)c2ccccc2)cc1.NC[C@@H](C(=O)Cc1ccc2cnccc2c1)c1ccc(COC(=O)c2ccccc2)cc1. The summed E-state index contributed by atoms with van der Waals surface area (Å²) in [5.74, 6) is -2.03. The molecule has 3 aromatic heterocycles. The summed E-state index contributed by atoms with van der Waals surface area (Å²) in [6, 6.07) is 72.8. The number of ketones is 3. The highest BCUT2D eigenvalue weighted by molar-refractivity contribution is 6.41. The van der Waals surface area contributed by atoms with E-state index in [-0.39, 0.29) is 103 Å². The van der Waals surface area contributed by atoms with Crippen molar-refractivity contribution in [2.24, 2.45) is 17.2 Å². The van der Waals surface area contributed by atoms with Crippen LogP contribution in [0.1, 0.15) is 98.9 Å². The number of pyridine rings is 3. The van der Waals surface area contributed by atoms with Crippen molar-refractivity contribution in [3.05, 3.63) is 341 Å². The van der Waals surface area contributed by atoms with Gasteiger partial charge in [-0.25, -0.2) is 14.4 Å². The maximum absolute atomic E-state index is 13.0. The molecule has 0 amide bonds. The molecule has 9 aromatic carbocycles. The Morgan fingerprint density at radius 2 is 0.548 bits per heavy atom. The first-order chi connectivity index (χ1) is 50.7. The molecule has 3 heterocycles. The Labute approximate surface area is 630 Å². The van der Waals surface area contributed by atoms with E-state index in [9.17, 15) is 28.8 Å². The van der Waals surface area contributed by atoms with Crippen molar-refractivity contribution in [3.8, 4) is 0 Å². The molecule has 0 saturated heterocycles. The fourth-order valence-electron chi connectivity index (χ4n) is 11.0. The third-order valence-electron chi connectivity index (χ3n) is 16.4. The number of Topliss-reactive ketones (excluding diaryl/α,β-unsaturated/α-hetero) is 3. The molecule has 0 aliphatic heterocycles. The number of hydrogen-bond donors (Lipinski definition) is 3. The van der Waals surface area contributed by atoms with E-state index in [1.165, 1.54) is 6.38 Å². The number of esters is 3. The number of nitrogens with two attached hydrogens (primary N) is 3. The second-order valence-corrected chi connectivity index (χ2v) is 24.8. The summed E-state index contributed by atoms with van der Waals surface area (Å²) in [6.45, 7) is 1.21. The van der Waals surface area contributed by atoms with Crippen LogP contribution in [0.2, 0.25) is 0 Å². The smallest absolute Gasteiger partial charge is 0.338 e. The molecule has 0 bridgehead atoms. The molecule has 0 unspecified atom stereocenters. The number of carbonyl (C=O) groups excluding carboxylic acids is 6. The molecule has 12 rings (SSSR count). The Balaban J connectivity index is 0.000000207. The van der Waals surface area contributed by atoms with E-state index in [0.717, 1.165) is 82.4 Å². The van der Waals surface area contributed by atoms with E-state index >= 15 is 0 Å². The molecule has 0 fully saturated rings. The van der Waals surface area contributed by atoms with Crippen molar-refractivity contribution in [3.63, 3.8) is 0 Å². The summed E-state index contributed by atoms with van der Waals surface area (Å²) in [7, 11) is 0. The zero-order chi connectivity index (χ0) is 74.4. The molecule has 3 atom stereocenters. The molecule has 0 spiro atoms. The number of rotatable bonds is 24. The zero-order valence-corrected chi connectivity index (χ0v) is 60.9. The minimum Gasteiger partial charge on any atom is -0.457 e. The fraction of sp³-hybridized carbons (Fsp3) is 0.179. The molecular formula is C84H79Cl5N6O9. The van der Waals surface area contributed by atoms with Gasteiger partial charge in [0.1, 0.15) is 37.2 Å². The highest BCUT2D eigenvalue weighted by atomic mass is 35.5. The van der Waals surface area contributed by atoms with Crippen LogP contribution in [0.15, 0.2) is 274 Å². The summed E-state index contributed by atoms with van der Waals surface area (Å²) in [6.07, 6.45) is 13.1. The lowest BCUT2D eigenvalue weighted by Gasteiger charge is -2.15. The number of carbonyl (C=O) groups is 6. The highest BCUT2D eigenvalue weighted by Crippen LogP contribution is 2.26. The number of nitrogens with zero attached hydrogens (tertiary/aromatic N) is 3. The number of fused-ring (bicyclic) bond motifs is 3. The van der Waals surface area contributed by atoms with Crippen molar-refractivity contribution >= 4 is 126 Å². The van der Waals surface area contributed by atoms with Gasteiger partial charge >= 0.3 is 17.9 Å². The maximum Gasteiger partial charge on any atom is 0.338 e. The lowest BCUT2D eigenvalue weighted by Crippen LogP contribution is -2.23. The second kappa shape index (κ2) is 44.5. The third kappa shape index (κ3) is 25.4. The monoisotopic (exact) mass is 1490 g/mol. The van der Waals surface area contributed by atoms with Gasteiger partial charge in [0.05, 0.1) is 45.1 Å². The Bertz CT molecular complexity index is 4190. The molecule has 0 saturated carbocycles. The molecule has 0 aliphatic carbocycles. The van der Waals surface area contributed by atoms with Gasteiger partial charge < -0.3 is 31.4 Å². The first kappa shape index (κ1) is 81.3. The molecular weight excluding hydrogens is 1410 g/mol. The minimum absolute atomic E-state index is 0.0733. The summed E-state index contributed by atoms with van der Waals surface area (Å²) in [4.78, 5) is 87.6. The average Bonchev–Trinajstić information content (AvgIpc) is 0.845. The van der Waals surface area contributed by atoms with Gasteiger partial charge in [-0.1, -0.05) is 182 Å². The highest BCUT2D eigenvalue weighted by Gasteiger charge is 2.23. The molecule has 534 valence electrons. The molecule has 0 radical (unpaired) electrons. The maximum atomic E-state index is 13.0. The van der Waals surface area contributed by atoms with Gasteiger partial charge in [-0.2, -0.15) is 0 Å². The molecule has 104 heavy (non-hydrogen) atoms. The van der Waals surface area contributed by atoms with E-state index in [0.29, 0.717) is 36.0 Å². The Hall–Kier alpha value is -10.0. The predicted octanol–water partition coefficient (Wildman–Crippen LogP) is 17.0. The molecule has 6 N–H and O–H groups in total. The summed E-state index contributed by atoms with van der Waals surface area (Å²) in [5, 5.41) is 6.70. The number of halogens is 5. The van der Waals surface area contributed by atoms with Crippen LogP contribution in [0.25, 0.3) is 32.3 Å². The molecule has 20 heteroatoms. The summed E-state index contributed by atoms with van der Waals surface area (Å²) >= 11 is 23.7. The van der Waals surface area contributed by atoms with Gasteiger partial charge in [0.2, 0.25) is 0 Å². The van der Waals surface area contributed by atoms with Crippen molar-refractivity contribution in [2.75, 3.05) is 36.7 Å². The standard InChI is InChI=1S/3C27H24N2O3.2CH2Cl2.CH3Cl/c3*28-16-25(26(30)15-20-8-11-24-17-29-13-12-23(24)14-20)21-9-6-19(7-10-21)18-32-27(31)22-4-2-1-3-5-22;2*2-1-3;1-2/h3*1-14,17,25H,15-16,18,28H2;2*1H2;1H3/t3*25-;;;/m111.../s1. The first-order valence-corrected chi connectivity index (χ1v) is 35.8. The number of aromatic nitrogens is 3. The molecule has 12 aromatic rings. The fourth-order valence-corrected chi connectivity index (χ4v) is 11.0. The number of alkyl halides is 5. The van der Waals surface area contributed by atoms with Gasteiger partial charge in [0, 0.05) is 98.6 Å². The average molecular weight is 1490 g/mol. The lowest BCUT2D eigenvalue weighted by atomic mass is 9.90. The van der Waals surface area contributed by atoms with Gasteiger partial charge in [-0.05, 0) is 121 Å². The van der Waals surface area contributed by atoms with Crippen LogP contribution in [-0.4, -0.2) is 86.9 Å². The first-order valence-electron chi connectivity index (χ1n) is 33.0. The Morgan fingerprint density at radius 3 is 0.779 bits per heavy atom.